The second-order valence-corrected chi connectivity index (χ2v) is 5.62. The molecular weight excluding hydrogens is 232 g/mol. The van der Waals surface area contributed by atoms with E-state index in [1.54, 1.807) is 0 Å². The number of piperidine rings is 1. The molecule has 8 heteroatoms. The molecule has 1 heterocycles. The van der Waals surface area contributed by atoms with Crippen molar-refractivity contribution < 1.29 is 27.4 Å². The Bertz CT molecular complexity index is 321. The summed E-state index contributed by atoms with van der Waals surface area (Å²) in [5.41, 5.74) is 0. The van der Waals surface area contributed by atoms with Gasteiger partial charge in [-0.2, -0.15) is 4.31 Å². The lowest BCUT2D eigenvalue weighted by atomic mass is 9.94. The number of hydrogen-bond acceptors (Lipinski definition) is 4. The molecule has 0 aliphatic carbocycles. The first kappa shape index (κ1) is 12.8. The average molecular weight is 245 g/mol. The number of rotatable bonds is 2. The fourth-order valence-electron chi connectivity index (χ4n) is 1.52. The van der Waals surface area contributed by atoms with Crippen LogP contribution in [0.25, 0.3) is 0 Å². The molecule has 1 rings (SSSR count). The minimum absolute atomic E-state index is 0.344. The highest BCUT2D eigenvalue weighted by Crippen LogP contribution is 2.24. The van der Waals surface area contributed by atoms with Crippen molar-refractivity contribution in [2.75, 3.05) is 19.3 Å². The smallest absolute Gasteiger partial charge is 0.245 e. The predicted octanol–water partition coefficient (Wildman–Crippen LogP) is -1.14. The fourth-order valence-corrected chi connectivity index (χ4v) is 2.39. The second kappa shape index (κ2) is 4.28. The van der Waals surface area contributed by atoms with Gasteiger partial charge in [-0.1, -0.05) is 0 Å². The Labute approximate surface area is 86.4 Å². The van der Waals surface area contributed by atoms with Crippen LogP contribution in [0.3, 0.4) is 0 Å². The van der Waals surface area contributed by atoms with Crippen molar-refractivity contribution in [2.24, 2.45) is 5.92 Å². The Kier molecular flexibility index (Phi) is 3.64. The van der Waals surface area contributed by atoms with Crippen molar-refractivity contribution in [2.45, 2.75) is 18.6 Å². The molecule has 2 N–H and O–H groups in total. The van der Waals surface area contributed by atoms with Crippen LogP contribution in [-0.2, 0) is 10.0 Å². The van der Waals surface area contributed by atoms with Gasteiger partial charge in [0.25, 0.3) is 0 Å². The number of alkyl halides is 2. The van der Waals surface area contributed by atoms with Crippen molar-refractivity contribution in [3.8, 4) is 0 Å². The van der Waals surface area contributed by atoms with E-state index in [9.17, 15) is 27.4 Å². The fraction of sp³-hybridized carbons (Fsp3) is 1.00. The molecular formula is C7H13F2NO4S. The maximum atomic E-state index is 12.4. The molecule has 0 aromatic rings. The number of halogens is 2. The molecule has 5 nitrogen and oxygen atoms in total. The zero-order valence-corrected chi connectivity index (χ0v) is 8.86. The summed E-state index contributed by atoms with van der Waals surface area (Å²) < 4.78 is 47.8. The summed E-state index contributed by atoms with van der Waals surface area (Å²) in [6.45, 7) is -0.808. The third-order valence-corrected chi connectivity index (χ3v) is 3.67. The number of β-amino-alcohol motifs (C(OH)–C–C–N with tert-alkyl or cyclic N) is 1. The van der Waals surface area contributed by atoms with Gasteiger partial charge in [-0.25, -0.2) is 17.2 Å². The summed E-state index contributed by atoms with van der Waals surface area (Å²) in [4.78, 5) is 0. The van der Waals surface area contributed by atoms with E-state index < -0.39 is 41.1 Å². The molecule has 0 saturated carbocycles. The summed E-state index contributed by atoms with van der Waals surface area (Å²) in [6.07, 6.45) is -5.03. The molecule has 1 aliphatic rings. The summed E-state index contributed by atoms with van der Waals surface area (Å²) in [6, 6.07) is 0. The van der Waals surface area contributed by atoms with Crippen LogP contribution in [0.2, 0.25) is 0 Å². The monoisotopic (exact) mass is 245 g/mol. The number of nitrogens with zero attached hydrogens (tertiary/aromatic N) is 1. The van der Waals surface area contributed by atoms with Gasteiger partial charge in [0.1, 0.15) is 0 Å². The summed E-state index contributed by atoms with van der Waals surface area (Å²) in [7, 11) is -3.62. The third kappa shape index (κ3) is 2.83. The molecule has 0 aromatic heterocycles. The zero-order valence-electron chi connectivity index (χ0n) is 8.05. The highest BCUT2D eigenvalue weighted by molar-refractivity contribution is 7.88. The first-order chi connectivity index (χ1) is 6.73. The van der Waals surface area contributed by atoms with Gasteiger partial charge in [0.15, 0.2) is 0 Å². The highest BCUT2D eigenvalue weighted by Gasteiger charge is 2.42. The van der Waals surface area contributed by atoms with Gasteiger partial charge in [-0.3, -0.25) is 0 Å². The molecule has 90 valence electrons. The van der Waals surface area contributed by atoms with Gasteiger partial charge in [0.2, 0.25) is 16.4 Å². The quantitative estimate of drug-likeness (QED) is 0.645. The van der Waals surface area contributed by atoms with E-state index in [2.05, 4.69) is 0 Å². The maximum absolute atomic E-state index is 12.4. The van der Waals surface area contributed by atoms with Crippen LogP contribution in [0.5, 0.6) is 0 Å². The van der Waals surface area contributed by atoms with Crippen molar-refractivity contribution >= 4 is 10.0 Å². The molecule has 1 aliphatic heterocycles. The van der Waals surface area contributed by atoms with E-state index in [1.165, 1.54) is 0 Å². The Morgan fingerprint density at radius 3 is 2.27 bits per heavy atom. The Hall–Kier alpha value is -0.310. The lowest BCUT2D eigenvalue weighted by Crippen LogP contribution is -2.55. The topological polar surface area (TPSA) is 77.8 Å². The van der Waals surface area contributed by atoms with E-state index in [4.69, 9.17) is 0 Å². The van der Waals surface area contributed by atoms with Gasteiger partial charge >= 0.3 is 0 Å². The molecule has 0 spiro atoms. The van der Waals surface area contributed by atoms with Gasteiger partial charge < -0.3 is 10.2 Å². The molecule has 1 fully saturated rings. The van der Waals surface area contributed by atoms with E-state index in [0.717, 1.165) is 10.6 Å². The van der Waals surface area contributed by atoms with E-state index in [-0.39, 0.29) is 6.54 Å². The Morgan fingerprint density at radius 1 is 1.33 bits per heavy atom. The van der Waals surface area contributed by atoms with Crippen LogP contribution >= 0.6 is 0 Å². The SMILES string of the molecule is CS(=O)(=O)N1CC(O)[C@H](O)[C@@H](C(F)F)C1. The Balaban J connectivity index is 2.85. The van der Waals surface area contributed by atoms with Crippen LogP contribution in [0, 0.1) is 5.92 Å². The van der Waals surface area contributed by atoms with Gasteiger partial charge in [0, 0.05) is 13.1 Å². The minimum Gasteiger partial charge on any atom is -0.390 e. The molecule has 1 unspecified atom stereocenters. The number of hydrogen-bond donors (Lipinski definition) is 2. The standard InChI is InChI=1S/C7H13F2NO4S/c1-15(13,14)10-2-4(7(8)9)6(12)5(11)3-10/h4-7,11-12H,2-3H2,1H3/t4-,5?,6+/m0/s1. The molecule has 0 aromatic carbocycles. The lowest BCUT2D eigenvalue weighted by Gasteiger charge is -2.37. The van der Waals surface area contributed by atoms with E-state index in [1.807, 2.05) is 0 Å². The third-order valence-electron chi connectivity index (χ3n) is 2.43. The highest BCUT2D eigenvalue weighted by atomic mass is 32.2. The van der Waals surface area contributed by atoms with Gasteiger partial charge in [-0.05, 0) is 0 Å². The van der Waals surface area contributed by atoms with Crippen LogP contribution in [-0.4, -0.2) is 60.9 Å². The van der Waals surface area contributed by atoms with Gasteiger partial charge in [-0.15, -0.1) is 0 Å². The molecule has 3 atom stereocenters. The van der Waals surface area contributed by atoms with Crippen LogP contribution in [0.15, 0.2) is 0 Å². The van der Waals surface area contributed by atoms with Crippen LogP contribution < -0.4 is 0 Å². The number of aliphatic hydroxyl groups is 2. The van der Waals surface area contributed by atoms with E-state index >= 15 is 0 Å². The van der Waals surface area contributed by atoms with Crippen molar-refractivity contribution in [1.29, 1.82) is 0 Å². The van der Waals surface area contributed by atoms with Crippen LogP contribution in [0.1, 0.15) is 0 Å². The first-order valence-corrected chi connectivity index (χ1v) is 6.17. The molecule has 0 amide bonds. The van der Waals surface area contributed by atoms with Crippen molar-refractivity contribution in [3.05, 3.63) is 0 Å². The Morgan fingerprint density at radius 2 is 1.87 bits per heavy atom. The lowest BCUT2D eigenvalue weighted by molar-refractivity contribution is -0.101. The van der Waals surface area contributed by atoms with Gasteiger partial charge in [0.05, 0.1) is 24.4 Å². The average Bonchev–Trinajstić information content (AvgIpc) is 2.06. The number of aliphatic hydroxyl groups excluding tert-OH is 2. The molecule has 0 bridgehead atoms. The van der Waals surface area contributed by atoms with E-state index in [0.29, 0.717) is 0 Å². The maximum Gasteiger partial charge on any atom is 0.245 e. The second-order valence-electron chi connectivity index (χ2n) is 3.64. The predicted molar refractivity (Wildman–Crippen MR) is 47.9 cm³/mol. The normalized spacial score (nSPS) is 34.7. The summed E-state index contributed by atoms with van der Waals surface area (Å²) in [5.74, 6) is -1.54. The minimum atomic E-state index is -3.62. The molecule has 15 heavy (non-hydrogen) atoms. The van der Waals surface area contributed by atoms with Crippen molar-refractivity contribution in [1.82, 2.24) is 4.31 Å². The molecule has 0 radical (unpaired) electrons. The zero-order chi connectivity index (χ0) is 11.8. The first-order valence-electron chi connectivity index (χ1n) is 4.33. The molecule has 1 saturated heterocycles. The number of sulfonamides is 1. The summed E-state index contributed by atoms with van der Waals surface area (Å²) >= 11 is 0. The summed E-state index contributed by atoms with van der Waals surface area (Å²) in [5, 5.41) is 18.5. The largest absolute Gasteiger partial charge is 0.390 e. The van der Waals surface area contributed by atoms with Crippen molar-refractivity contribution in [3.63, 3.8) is 0 Å². The van der Waals surface area contributed by atoms with Crippen LogP contribution in [0.4, 0.5) is 8.78 Å².